The SMILES string of the molecule is NC(=O)NC(=O)NCl.[Na]. The van der Waals surface area contributed by atoms with Crippen LogP contribution in [0, 0.1) is 0 Å². The zero-order valence-corrected chi connectivity index (χ0v) is 7.53. The van der Waals surface area contributed by atoms with Gasteiger partial charge in [-0.3, -0.25) is 5.32 Å². The van der Waals surface area contributed by atoms with E-state index in [0.717, 1.165) is 0 Å². The van der Waals surface area contributed by atoms with Crippen LogP contribution in [0.3, 0.4) is 0 Å². The predicted octanol–water partition coefficient (Wildman–Crippen LogP) is -0.863. The summed E-state index contributed by atoms with van der Waals surface area (Å²) in [6.07, 6.45) is 0. The molecule has 0 aliphatic carbocycles. The standard InChI is InChI=1S/C2H4ClN3O2.Na/c3-6-2(8)5-1(4)7;/h(H4,4,5,6,7,8);. The Morgan fingerprint density at radius 3 is 2.00 bits per heavy atom. The number of nitrogens with one attached hydrogen (secondary N) is 2. The first-order valence-electron chi connectivity index (χ1n) is 1.64. The zero-order valence-electron chi connectivity index (χ0n) is 4.77. The summed E-state index contributed by atoms with van der Waals surface area (Å²) in [7, 11) is 0. The quantitative estimate of drug-likeness (QED) is 0.318. The van der Waals surface area contributed by atoms with Crippen molar-refractivity contribution in [2.75, 3.05) is 0 Å². The van der Waals surface area contributed by atoms with Crippen LogP contribution in [-0.2, 0) is 0 Å². The summed E-state index contributed by atoms with van der Waals surface area (Å²) < 4.78 is 0. The van der Waals surface area contributed by atoms with Crippen molar-refractivity contribution >= 4 is 53.4 Å². The van der Waals surface area contributed by atoms with Gasteiger partial charge in [0, 0.05) is 41.3 Å². The fourth-order valence-corrected chi connectivity index (χ4v) is 0.183. The number of rotatable bonds is 0. The second-order valence-corrected chi connectivity index (χ2v) is 1.10. The van der Waals surface area contributed by atoms with Crippen LogP contribution < -0.4 is 15.9 Å². The molecule has 0 atom stereocenters. The molecule has 47 valence electrons. The van der Waals surface area contributed by atoms with Crippen molar-refractivity contribution in [1.29, 1.82) is 0 Å². The maximum absolute atomic E-state index is 9.97. The Morgan fingerprint density at radius 2 is 1.89 bits per heavy atom. The molecule has 1 radical (unpaired) electrons. The van der Waals surface area contributed by atoms with Gasteiger partial charge >= 0.3 is 12.1 Å². The monoisotopic (exact) mass is 160 g/mol. The molecule has 0 aliphatic heterocycles. The molecule has 0 rings (SSSR count). The molecule has 0 bridgehead atoms. The minimum absolute atomic E-state index is 0. The zero-order chi connectivity index (χ0) is 6.57. The first-order chi connectivity index (χ1) is 3.66. The number of amides is 4. The van der Waals surface area contributed by atoms with Crippen LogP contribution in [0.1, 0.15) is 0 Å². The summed E-state index contributed by atoms with van der Waals surface area (Å²) in [4.78, 5) is 21.3. The van der Waals surface area contributed by atoms with Gasteiger partial charge in [-0.1, -0.05) is 0 Å². The molecule has 0 unspecified atom stereocenters. The fourth-order valence-electron chi connectivity index (χ4n) is 0.136. The van der Waals surface area contributed by atoms with E-state index in [0.29, 0.717) is 0 Å². The Kier molecular flexibility index (Phi) is 8.06. The van der Waals surface area contributed by atoms with Crippen molar-refractivity contribution in [3.05, 3.63) is 0 Å². The molecule has 0 spiro atoms. The molecule has 4 amide bonds. The predicted molar refractivity (Wildman–Crippen MR) is 32.9 cm³/mol. The second kappa shape index (κ2) is 6.15. The molecule has 0 aromatic carbocycles. The number of carbonyl (C=O) groups excluding carboxylic acids is 2. The smallest absolute Gasteiger partial charge is 0.337 e. The summed E-state index contributed by atoms with van der Waals surface area (Å²) >= 11 is 4.73. The van der Waals surface area contributed by atoms with Crippen LogP contribution in [0.2, 0.25) is 0 Å². The molecule has 0 saturated heterocycles. The Bertz CT molecular complexity index is 118. The van der Waals surface area contributed by atoms with Crippen molar-refractivity contribution in [2.45, 2.75) is 0 Å². The first-order valence-corrected chi connectivity index (χ1v) is 2.01. The molecule has 0 fully saturated rings. The van der Waals surface area contributed by atoms with Crippen LogP contribution in [-0.4, -0.2) is 41.6 Å². The van der Waals surface area contributed by atoms with E-state index in [4.69, 9.17) is 11.8 Å². The van der Waals surface area contributed by atoms with E-state index in [9.17, 15) is 9.59 Å². The van der Waals surface area contributed by atoms with Gasteiger partial charge in [0.2, 0.25) is 0 Å². The van der Waals surface area contributed by atoms with Gasteiger partial charge in [-0.2, -0.15) is 0 Å². The molecule has 0 aromatic rings. The van der Waals surface area contributed by atoms with Gasteiger partial charge in [-0.25, -0.2) is 14.4 Å². The van der Waals surface area contributed by atoms with Crippen molar-refractivity contribution < 1.29 is 9.59 Å². The van der Waals surface area contributed by atoms with E-state index < -0.39 is 12.1 Å². The number of hydrogen-bond donors (Lipinski definition) is 3. The van der Waals surface area contributed by atoms with Gasteiger partial charge in [0.25, 0.3) is 0 Å². The largest absolute Gasteiger partial charge is 0.351 e. The van der Waals surface area contributed by atoms with Crippen LogP contribution in [0.25, 0.3) is 0 Å². The Balaban J connectivity index is 0. The maximum atomic E-state index is 9.97. The summed E-state index contributed by atoms with van der Waals surface area (Å²) in [6, 6.07) is -1.78. The van der Waals surface area contributed by atoms with E-state index in [1.165, 1.54) is 0 Å². The summed E-state index contributed by atoms with van der Waals surface area (Å²) in [6.45, 7) is 0. The number of nitrogens with two attached hydrogens (primary N) is 1. The Labute approximate surface area is 78.7 Å². The average molecular weight is 161 g/mol. The first kappa shape index (κ1) is 11.8. The van der Waals surface area contributed by atoms with Crippen LogP contribution in [0.5, 0.6) is 0 Å². The van der Waals surface area contributed by atoms with Crippen LogP contribution >= 0.6 is 11.8 Å². The van der Waals surface area contributed by atoms with Crippen molar-refractivity contribution in [1.82, 2.24) is 10.2 Å². The normalized spacial score (nSPS) is 6.78. The third kappa shape index (κ3) is 8.03. The van der Waals surface area contributed by atoms with Crippen molar-refractivity contribution in [2.24, 2.45) is 5.73 Å². The van der Waals surface area contributed by atoms with Crippen molar-refractivity contribution in [3.8, 4) is 0 Å². The van der Waals surface area contributed by atoms with Crippen molar-refractivity contribution in [3.63, 3.8) is 0 Å². The molecular weight excluding hydrogens is 156 g/mol. The molecule has 7 heteroatoms. The molecule has 0 aromatic heterocycles. The van der Waals surface area contributed by atoms with E-state index in [1.807, 2.05) is 0 Å². The van der Waals surface area contributed by atoms with E-state index >= 15 is 0 Å². The molecule has 5 nitrogen and oxygen atoms in total. The van der Waals surface area contributed by atoms with E-state index in [1.54, 1.807) is 10.2 Å². The molecule has 0 heterocycles. The maximum Gasteiger partial charge on any atom is 0.337 e. The number of hydrogen-bond acceptors (Lipinski definition) is 2. The Morgan fingerprint density at radius 1 is 1.44 bits per heavy atom. The van der Waals surface area contributed by atoms with Gasteiger partial charge in [-0.15, -0.1) is 0 Å². The van der Waals surface area contributed by atoms with Gasteiger partial charge in [-0.05, 0) is 0 Å². The average Bonchev–Trinajstić information content (AvgIpc) is 1.65. The summed E-state index contributed by atoms with van der Waals surface area (Å²) in [5.41, 5.74) is 4.50. The van der Waals surface area contributed by atoms with Gasteiger partial charge in [0.05, 0.1) is 0 Å². The number of halogens is 1. The molecule has 0 aliphatic rings. The second-order valence-electron chi connectivity index (χ2n) is 0.913. The third-order valence-corrected chi connectivity index (χ3v) is 0.494. The minimum Gasteiger partial charge on any atom is -0.351 e. The van der Waals surface area contributed by atoms with E-state index in [-0.39, 0.29) is 29.6 Å². The minimum atomic E-state index is -0.942. The van der Waals surface area contributed by atoms with Gasteiger partial charge in [0.1, 0.15) is 0 Å². The molecule has 0 saturated carbocycles. The topological polar surface area (TPSA) is 84.2 Å². The summed E-state index contributed by atoms with van der Waals surface area (Å²) in [5.74, 6) is 0. The summed E-state index contributed by atoms with van der Waals surface area (Å²) in [5, 5.41) is 1.65. The van der Waals surface area contributed by atoms with Gasteiger partial charge in [0.15, 0.2) is 0 Å². The molecular formula is C2H4ClN3NaO2. The third-order valence-electron chi connectivity index (χ3n) is 0.323. The van der Waals surface area contributed by atoms with Crippen LogP contribution in [0.15, 0.2) is 0 Å². The van der Waals surface area contributed by atoms with E-state index in [2.05, 4.69) is 5.73 Å². The molecule has 4 N–H and O–H groups in total. The van der Waals surface area contributed by atoms with Crippen LogP contribution in [0.4, 0.5) is 9.59 Å². The number of urea groups is 2. The fraction of sp³-hybridized carbons (Fsp3) is 0. The van der Waals surface area contributed by atoms with Gasteiger partial charge < -0.3 is 5.73 Å². The Hall–Kier alpha value is 0.0300. The number of carbonyl (C=O) groups is 2. The number of primary amides is 1. The molecule has 9 heavy (non-hydrogen) atoms. The number of imide groups is 1.